The fourth-order valence-electron chi connectivity index (χ4n) is 6.17. The summed E-state index contributed by atoms with van der Waals surface area (Å²) in [5.74, 6) is 2.13. The molecule has 0 saturated carbocycles. The molecule has 4 aromatic rings. The molecule has 39 heavy (non-hydrogen) atoms. The Morgan fingerprint density at radius 1 is 0.641 bits per heavy atom. The van der Waals surface area contributed by atoms with Gasteiger partial charge in [0.05, 0.1) is 0 Å². The van der Waals surface area contributed by atoms with Crippen LogP contribution in [0.3, 0.4) is 0 Å². The van der Waals surface area contributed by atoms with Crippen LogP contribution in [0.5, 0.6) is 0 Å². The van der Waals surface area contributed by atoms with Crippen molar-refractivity contribution in [1.82, 2.24) is 0 Å². The number of fused-ring (bicyclic) bond motifs is 3. The Kier molecular flexibility index (Phi) is 6.65. The SMILES string of the molecule is B=CC1(C)c2cc(-c3ccc(-c4ccc(C(C)(C)CC)cc4C)c(C)c3)ccc2-c2ccc(C(C)(C)C)cc21. The maximum absolute atomic E-state index is 4.30. The summed E-state index contributed by atoms with van der Waals surface area (Å²) in [6.45, 7) is 20.6. The van der Waals surface area contributed by atoms with E-state index in [9.17, 15) is 0 Å². The van der Waals surface area contributed by atoms with E-state index in [0.29, 0.717) is 0 Å². The summed E-state index contributed by atoms with van der Waals surface area (Å²) in [6, 6.07) is 28.0. The molecule has 1 unspecified atom stereocenters. The van der Waals surface area contributed by atoms with E-state index in [0.717, 1.165) is 6.42 Å². The Bertz CT molecular complexity index is 1590. The van der Waals surface area contributed by atoms with Crippen LogP contribution >= 0.6 is 0 Å². The monoisotopic (exact) mass is 510 g/mol. The van der Waals surface area contributed by atoms with Crippen molar-refractivity contribution in [2.45, 2.75) is 85.0 Å². The first-order chi connectivity index (χ1) is 18.3. The van der Waals surface area contributed by atoms with Crippen molar-refractivity contribution in [3.05, 3.63) is 106 Å². The summed E-state index contributed by atoms with van der Waals surface area (Å²) in [6.07, 6.45) is 1.13. The van der Waals surface area contributed by atoms with E-state index >= 15 is 0 Å². The zero-order valence-corrected chi connectivity index (χ0v) is 25.4. The van der Waals surface area contributed by atoms with Crippen LogP contribution in [-0.2, 0) is 16.2 Å². The van der Waals surface area contributed by atoms with E-state index in [1.54, 1.807) is 0 Å². The molecule has 0 radical (unpaired) electrons. The molecular formula is C38H43B. The second kappa shape index (κ2) is 9.48. The van der Waals surface area contributed by atoms with Crippen molar-refractivity contribution < 1.29 is 0 Å². The molecule has 0 heterocycles. The van der Waals surface area contributed by atoms with Gasteiger partial charge in [0.1, 0.15) is 0 Å². The molecule has 1 atom stereocenters. The van der Waals surface area contributed by atoms with Crippen LogP contribution < -0.4 is 0 Å². The van der Waals surface area contributed by atoms with Gasteiger partial charge in [0.15, 0.2) is 0 Å². The predicted molar refractivity (Wildman–Crippen MR) is 174 cm³/mol. The van der Waals surface area contributed by atoms with Crippen LogP contribution in [0.1, 0.15) is 88.3 Å². The fraction of sp³-hybridized carbons (Fsp3) is 0.342. The molecular weight excluding hydrogens is 467 g/mol. The van der Waals surface area contributed by atoms with Gasteiger partial charge in [-0.05, 0) is 17.4 Å². The molecule has 0 nitrogen and oxygen atoms in total. The topological polar surface area (TPSA) is 0 Å². The third-order valence-electron chi connectivity index (χ3n) is 9.46. The molecule has 0 saturated heterocycles. The molecule has 1 aliphatic carbocycles. The van der Waals surface area contributed by atoms with Crippen molar-refractivity contribution in [3.63, 3.8) is 0 Å². The minimum absolute atomic E-state index is 0.112. The van der Waals surface area contributed by atoms with Crippen LogP contribution in [0.2, 0.25) is 0 Å². The first kappa shape index (κ1) is 27.4. The molecule has 198 valence electrons. The Labute approximate surface area is 237 Å². The van der Waals surface area contributed by atoms with Crippen LogP contribution in [0.15, 0.2) is 72.8 Å². The van der Waals surface area contributed by atoms with Crippen molar-refractivity contribution >= 4 is 13.5 Å². The van der Waals surface area contributed by atoms with Gasteiger partial charge in [0, 0.05) is 0 Å². The Morgan fingerprint density at radius 3 is 1.67 bits per heavy atom. The van der Waals surface area contributed by atoms with Crippen LogP contribution in [-0.4, -0.2) is 13.5 Å². The van der Waals surface area contributed by atoms with E-state index in [1.165, 1.54) is 66.8 Å². The normalized spacial score (nSPS) is 16.6. The summed E-state index contributed by atoms with van der Waals surface area (Å²) in [7, 11) is 4.30. The molecule has 0 aliphatic heterocycles. The molecule has 4 aromatic carbocycles. The van der Waals surface area contributed by atoms with Gasteiger partial charge in [-0.1, -0.05) is 20.8 Å². The summed E-state index contributed by atoms with van der Waals surface area (Å²) in [5.41, 5.74) is 16.1. The van der Waals surface area contributed by atoms with Gasteiger partial charge in [0.25, 0.3) is 0 Å². The zero-order valence-electron chi connectivity index (χ0n) is 25.4. The van der Waals surface area contributed by atoms with E-state index in [4.69, 9.17) is 0 Å². The molecule has 1 aliphatic rings. The second-order valence-electron chi connectivity index (χ2n) is 13.5. The number of benzene rings is 4. The van der Waals surface area contributed by atoms with Crippen LogP contribution in [0.4, 0.5) is 0 Å². The van der Waals surface area contributed by atoms with Crippen molar-refractivity contribution in [2.24, 2.45) is 0 Å². The van der Waals surface area contributed by atoms with Gasteiger partial charge in [-0.15, -0.1) is 0 Å². The maximum atomic E-state index is 4.30. The Hall–Kier alpha value is -3.19. The number of hydrogen-bond donors (Lipinski definition) is 0. The van der Waals surface area contributed by atoms with Gasteiger partial charge >= 0.3 is 200 Å². The molecule has 0 N–H and O–H groups in total. The fourth-order valence-corrected chi connectivity index (χ4v) is 6.17. The summed E-state index contributed by atoms with van der Waals surface area (Å²) >= 11 is 0. The van der Waals surface area contributed by atoms with Crippen LogP contribution in [0, 0.1) is 13.8 Å². The van der Waals surface area contributed by atoms with E-state index in [1.807, 2.05) is 0 Å². The minimum atomic E-state index is -0.206. The van der Waals surface area contributed by atoms with E-state index in [2.05, 4.69) is 149 Å². The molecule has 0 amide bonds. The van der Waals surface area contributed by atoms with Gasteiger partial charge in [0.2, 0.25) is 0 Å². The van der Waals surface area contributed by atoms with Crippen molar-refractivity contribution in [3.8, 4) is 33.4 Å². The number of hydrogen-bond acceptors (Lipinski definition) is 0. The number of rotatable bonds is 5. The van der Waals surface area contributed by atoms with Gasteiger partial charge < -0.3 is 0 Å². The van der Waals surface area contributed by atoms with Crippen molar-refractivity contribution in [2.75, 3.05) is 0 Å². The van der Waals surface area contributed by atoms with E-state index in [-0.39, 0.29) is 16.2 Å². The first-order valence-electron chi connectivity index (χ1n) is 14.5. The summed E-state index contributed by atoms with van der Waals surface area (Å²) < 4.78 is 0. The van der Waals surface area contributed by atoms with Crippen molar-refractivity contribution in [1.29, 1.82) is 0 Å². The van der Waals surface area contributed by atoms with Gasteiger partial charge in [-0.3, -0.25) is 0 Å². The molecule has 0 bridgehead atoms. The number of aryl methyl sites for hydroxylation is 2. The van der Waals surface area contributed by atoms with Crippen LogP contribution in [0.25, 0.3) is 33.4 Å². The van der Waals surface area contributed by atoms with E-state index < -0.39 is 0 Å². The third kappa shape index (κ3) is 4.55. The van der Waals surface area contributed by atoms with Gasteiger partial charge in [-0.2, -0.15) is 0 Å². The molecule has 5 rings (SSSR count). The summed E-state index contributed by atoms with van der Waals surface area (Å²) in [5, 5.41) is 0. The second-order valence-corrected chi connectivity index (χ2v) is 13.5. The molecule has 0 aromatic heterocycles. The zero-order chi connectivity index (χ0) is 28.3. The Morgan fingerprint density at radius 2 is 1.13 bits per heavy atom. The summed E-state index contributed by atoms with van der Waals surface area (Å²) in [4.78, 5) is 0. The van der Waals surface area contributed by atoms with Gasteiger partial charge in [-0.25, -0.2) is 0 Å². The average Bonchev–Trinajstić information content (AvgIpc) is 3.16. The quantitative estimate of drug-likeness (QED) is 0.235. The average molecular weight is 511 g/mol. The molecule has 1 heteroatoms. The Balaban J connectivity index is 1.54. The standard InChI is InChI=1S/C38H43B/c1-10-37(7,8)29-14-17-31(25(3)20-29)30-15-11-26(19-24(30)2)27-12-16-32-33-18-13-28(36(4,5)6)22-35(33)38(9,23-39)34(32)21-27/h11-23,39H,10H2,1-9H3. The predicted octanol–water partition coefficient (Wildman–Crippen LogP) is 9.61. The third-order valence-corrected chi connectivity index (χ3v) is 9.46. The molecule has 0 spiro atoms. The molecule has 0 fully saturated rings. The first-order valence-corrected chi connectivity index (χ1v) is 14.5.